The molecule has 0 aliphatic heterocycles. The summed E-state index contributed by atoms with van der Waals surface area (Å²) in [5, 5.41) is 5.30. The van der Waals surface area contributed by atoms with Crippen molar-refractivity contribution in [3.8, 4) is 5.75 Å². The second-order valence-electron chi connectivity index (χ2n) is 5.09. The Morgan fingerprint density at radius 1 is 1.27 bits per heavy atom. The van der Waals surface area contributed by atoms with E-state index in [-0.39, 0.29) is 25.2 Å². The van der Waals surface area contributed by atoms with Crippen molar-refractivity contribution in [1.29, 1.82) is 0 Å². The molecule has 0 aliphatic rings. The molecule has 1 aromatic carbocycles. The Bertz CT molecular complexity index is 585. The fourth-order valence-electron chi connectivity index (χ4n) is 1.82. The monoisotopic (exact) mass is 329 g/mol. The van der Waals surface area contributed by atoms with Gasteiger partial charge in [0.2, 0.25) is 10.0 Å². The summed E-state index contributed by atoms with van der Waals surface area (Å²) >= 11 is 0. The highest BCUT2D eigenvalue weighted by Crippen LogP contribution is 2.20. The molecule has 0 saturated heterocycles. The van der Waals surface area contributed by atoms with Crippen molar-refractivity contribution in [2.24, 2.45) is 0 Å². The van der Waals surface area contributed by atoms with Crippen LogP contribution in [0.3, 0.4) is 0 Å². The summed E-state index contributed by atoms with van der Waals surface area (Å²) in [4.78, 5) is 11.5. The van der Waals surface area contributed by atoms with Crippen molar-refractivity contribution in [3.05, 3.63) is 24.3 Å². The number of anilines is 1. The summed E-state index contributed by atoms with van der Waals surface area (Å²) in [6.45, 7) is 4.05. The first-order valence-electron chi connectivity index (χ1n) is 6.90. The van der Waals surface area contributed by atoms with Crippen molar-refractivity contribution >= 4 is 21.7 Å². The van der Waals surface area contributed by atoms with Gasteiger partial charge in [-0.15, -0.1) is 0 Å². The maximum Gasteiger partial charge on any atom is 0.315 e. The van der Waals surface area contributed by atoms with Gasteiger partial charge in [0.15, 0.2) is 0 Å². The average Bonchev–Trinajstić information content (AvgIpc) is 2.42. The summed E-state index contributed by atoms with van der Waals surface area (Å²) in [6.07, 6.45) is 1.13. The second kappa shape index (κ2) is 7.88. The number of methoxy groups -OCH3 is 1. The largest absolute Gasteiger partial charge is 0.497 e. The van der Waals surface area contributed by atoms with Crippen molar-refractivity contribution in [1.82, 2.24) is 10.6 Å². The standard InChI is InChI=1S/C14H23N3O4S/c1-11(2)16-14(18)15-9-10-17(22(4,19)20)12-5-7-13(21-3)8-6-12/h5-8,11H,9-10H2,1-4H3,(H2,15,16,18). The number of urea groups is 1. The first kappa shape index (κ1) is 18.1. The van der Waals surface area contributed by atoms with Crippen LogP contribution >= 0.6 is 0 Å². The van der Waals surface area contributed by atoms with Gasteiger partial charge in [-0.25, -0.2) is 13.2 Å². The van der Waals surface area contributed by atoms with Crippen LogP contribution in [-0.2, 0) is 10.0 Å². The van der Waals surface area contributed by atoms with Crippen molar-refractivity contribution in [3.63, 3.8) is 0 Å². The van der Waals surface area contributed by atoms with Crippen LogP contribution in [0.2, 0.25) is 0 Å². The summed E-state index contributed by atoms with van der Waals surface area (Å²) in [7, 11) is -1.90. The van der Waals surface area contributed by atoms with Gasteiger partial charge in [-0.3, -0.25) is 4.31 Å². The van der Waals surface area contributed by atoms with Crippen molar-refractivity contribution < 1.29 is 17.9 Å². The topological polar surface area (TPSA) is 87.7 Å². The third-order valence-electron chi connectivity index (χ3n) is 2.78. The van der Waals surface area contributed by atoms with E-state index in [0.29, 0.717) is 11.4 Å². The molecule has 2 amide bonds. The first-order chi connectivity index (χ1) is 10.2. The summed E-state index contributed by atoms with van der Waals surface area (Å²) in [5.41, 5.74) is 0.523. The maximum atomic E-state index is 11.9. The Kier molecular flexibility index (Phi) is 6.48. The number of hydrogen-bond acceptors (Lipinski definition) is 4. The van der Waals surface area contributed by atoms with E-state index in [4.69, 9.17) is 4.74 Å². The molecule has 22 heavy (non-hydrogen) atoms. The van der Waals surface area contributed by atoms with Crippen LogP contribution in [0.1, 0.15) is 13.8 Å². The molecule has 0 aliphatic carbocycles. The average molecular weight is 329 g/mol. The molecule has 124 valence electrons. The van der Waals surface area contributed by atoms with Gasteiger partial charge in [-0.2, -0.15) is 0 Å². The minimum absolute atomic E-state index is 0.0209. The molecule has 0 atom stereocenters. The molecule has 1 rings (SSSR count). The van der Waals surface area contributed by atoms with Crippen LogP contribution in [0.4, 0.5) is 10.5 Å². The number of carbonyl (C=O) groups excluding carboxylic acids is 1. The van der Waals surface area contributed by atoms with Crippen molar-refractivity contribution in [2.45, 2.75) is 19.9 Å². The highest BCUT2D eigenvalue weighted by molar-refractivity contribution is 7.92. The van der Waals surface area contributed by atoms with E-state index in [1.54, 1.807) is 31.4 Å². The minimum atomic E-state index is -3.44. The zero-order valence-electron chi connectivity index (χ0n) is 13.3. The summed E-state index contributed by atoms with van der Waals surface area (Å²) < 4.78 is 30.1. The van der Waals surface area contributed by atoms with Gasteiger partial charge in [0.25, 0.3) is 0 Å². The number of carbonyl (C=O) groups is 1. The Morgan fingerprint density at radius 3 is 2.32 bits per heavy atom. The quantitative estimate of drug-likeness (QED) is 0.786. The lowest BCUT2D eigenvalue weighted by molar-refractivity contribution is 0.239. The normalized spacial score (nSPS) is 11.1. The number of nitrogens with zero attached hydrogens (tertiary/aromatic N) is 1. The molecule has 1 aromatic rings. The van der Waals surface area contributed by atoms with Gasteiger partial charge < -0.3 is 15.4 Å². The van der Waals surface area contributed by atoms with Gasteiger partial charge in [0, 0.05) is 12.6 Å². The molecular weight excluding hydrogens is 306 g/mol. The van der Waals surface area contributed by atoms with Gasteiger partial charge in [0.05, 0.1) is 25.6 Å². The number of amides is 2. The molecule has 0 unspecified atom stereocenters. The predicted molar refractivity (Wildman–Crippen MR) is 86.9 cm³/mol. The molecule has 0 fully saturated rings. The third kappa shape index (κ3) is 5.80. The van der Waals surface area contributed by atoms with Gasteiger partial charge in [0.1, 0.15) is 5.75 Å². The van der Waals surface area contributed by atoms with Crippen LogP contribution in [0, 0.1) is 0 Å². The molecule has 0 saturated carbocycles. The lowest BCUT2D eigenvalue weighted by atomic mass is 10.3. The summed E-state index contributed by atoms with van der Waals surface area (Å²) in [6, 6.07) is 6.40. The van der Waals surface area contributed by atoms with Gasteiger partial charge in [-0.1, -0.05) is 0 Å². The highest BCUT2D eigenvalue weighted by Gasteiger charge is 2.17. The number of benzene rings is 1. The van der Waals surface area contributed by atoms with E-state index in [1.165, 1.54) is 4.31 Å². The van der Waals surface area contributed by atoms with Crippen LogP contribution in [-0.4, -0.2) is 46.9 Å². The van der Waals surface area contributed by atoms with E-state index >= 15 is 0 Å². The second-order valence-corrected chi connectivity index (χ2v) is 6.99. The van der Waals surface area contributed by atoms with E-state index in [0.717, 1.165) is 6.26 Å². The number of sulfonamides is 1. The molecule has 0 aromatic heterocycles. The van der Waals surface area contributed by atoms with Crippen LogP contribution in [0.25, 0.3) is 0 Å². The molecule has 0 radical (unpaired) electrons. The lowest BCUT2D eigenvalue weighted by Crippen LogP contribution is -2.43. The first-order valence-corrected chi connectivity index (χ1v) is 8.75. The molecule has 8 heteroatoms. The Balaban J connectivity index is 2.72. The zero-order valence-corrected chi connectivity index (χ0v) is 14.1. The van der Waals surface area contributed by atoms with E-state index < -0.39 is 10.0 Å². The molecule has 0 bridgehead atoms. The SMILES string of the molecule is COc1ccc(N(CCNC(=O)NC(C)C)S(C)(=O)=O)cc1. The Labute approximate surface area is 131 Å². The van der Waals surface area contributed by atoms with Crippen LogP contribution < -0.4 is 19.7 Å². The number of rotatable bonds is 7. The Hall–Kier alpha value is -1.96. The number of hydrogen-bond donors (Lipinski definition) is 2. The zero-order chi connectivity index (χ0) is 16.8. The van der Waals surface area contributed by atoms with Crippen LogP contribution in [0.15, 0.2) is 24.3 Å². The predicted octanol–water partition coefficient (Wildman–Crippen LogP) is 1.17. The van der Waals surface area contributed by atoms with Crippen molar-refractivity contribution in [2.75, 3.05) is 30.8 Å². The summed E-state index contributed by atoms with van der Waals surface area (Å²) in [5.74, 6) is 0.645. The lowest BCUT2D eigenvalue weighted by Gasteiger charge is -2.23. The minimum Gasteiger partial charge on any atom is -0.497 e. The van der Waals surface area contributed by atoms with Gasteiger partial charge >= 0.3 is 6.03 Å². The van der Waals surface area contributed by atoms with E-state index in [1.807, 2.05) is 13.8 Å². The molecular formula is C14H23N3O4S. The van der Waals surface area contributed by atoms with Gasteiger partial charge in [-0.05, 0) is 38.1 Å². The highest BCUT2D eigenvalue weighted by atomic mass is 32.2. The molecule has 2 N–H and O–H groups in total. The Morgan fingerprint density at radius 2 is 1.86 bits per heavy atom. The third-order valence-corrected chi connectivity index (χ3v) is 3.98. The maximum absolute atomic E-state index is 11.9. The fraction of sp³-hybridized carbons (Fsp3) is 0.500. The molecule has 0 heterocycles. The van der Waals surface area contributed by atoms with E-state index in [9.17, 15) is 13.2 Å². The molecule has 0 spiro atoms. The van der Waals surface area contributed by atoms with Crippen LogP contribution in [0.5, 0.6) is 5.75 Å². The molecule has 7 nitrogen and oxygen atoms in total. The fourth-order valence-corrected chi connectivity index (χ4v) is 2.75. The number of nitrogens with one attached hydrogen (secondary N) is 2. The smallest absolute Gasteiger partial charge is 0.315 e. The number of ether oxygens (including phenoxy) is 1. The van der Waals surface area contributed by atoms with E-state index in [2.05, 4.69) is 10.6 Å².